The average Bonchev–Trinajstić information content (AvgIpc) is 2.64. The third kappa shape index (κ3) is 3.20. The van der Waals surface area contributed by atoms with Gasteiger partial charge in [0.2, 0.25) is 0 Å². The summed E-state index contributed by atoms with van der Waals surface area (Å²) in [6.45, 7) is 3.43. The summed E-state index contributed by atoms with van der Waals surface area (Å²) in [5, 5.41) is 0.538. The molecule has 1 heterocycles. The molecule has 18 heavy (non-hydrogen) atoms. The van der Waals surface area contributed by atoms with Crippen LogP contribution in [0.4, 0.5) is 4.39 Å². The lowest BCUT2D eigenvalue weighted by molar-refractivity contribution is 0.132. The lowest BCUT2D eigenvalue weighted by Crippen LogP contribution is -2.36. The maximum atomic E-state index is 13.9. The molecule has 0 radical (unpaired) electrons. The molecule has 0 aliphatic carbocycles. The van der Waals surface area contributed by atoms with Gasteiger partial charge in [0.1, 0.15) is 5.82 Å². The topological polar surface area (TPSA) is 38.5 Å². The quantitative estimate of drug-likeness (QED) is 0.917. The predicted octanol–water partition coefficient (Wildman–Crippen LogP) is 2.20. The molecule has 1 fully saturated rings. The summed E-state index contributed by atoms with van der Waals surface area (Å²) in [6.07, 6.45) is 0.943. The van der Waals surface area contributed by atoms with Gasteiger partial charge in [0.25, 0.3) is 0 Å². The molecule has 0 aromatic heterocycles. The predicted molar refractivity (Wildman–Crippen MR) is 70.2 cm³/mol. The summed E-state index contributed by atoms with van der Waals surface area (Å²) in [7, 11) is 0. The van der Waals surface area contributed by atoms with Crippen LogP contribution in [0.3, 0.4) is 0 Å². The van der Waals surface area contributed by atoms with E-state index in [2.05, 4.69) is 4.90 Å². The van der Waals surface area contributed by atoms with Gasteiger partial charge in [0.05, 0.1) is 12.6 Å². The largest absolute Gasteiger partial charge is 0.380 e. The van der Waals surface area contributed by atoms with Crippen LogP contribution >= 0.6 is 11.6 Å². The van der Waals surface area contributed by atoms with E-state index >= 15 is 0 Å². The van der Waals surface area contributed by atoms with Crippen molar-refractivity contribution in [3.05, 3.63) is 34.6 Å². The number of ether oxygens (including phenoxy) is 1. The van der Waals surface area contributed by atoms with E-state index in [0.717, 1.165) is 26.1 Å². The van der Waals surface area contributed by atoms with Crippen molar-refractivity contribution < 1.29 is 9.13 Å². The van der Waals surface area contributed by atoms with Crippen LogP contribution in [0.2, 0.25) is 5.02 Å². The molecule has 1 aliphatic rings. The minimum Gasteiger partial charge on any atom is -0.380 e. The lowest BCUT2D eigenvalue weighted by Gasteiger charge is -2.29. The van der Waals surface area contributed by atoms with Gasteiger partial charge in [-0.3, -0.25) is 4.90 Å². The van der Waals surface area contributed by atoms with Gasteiger partial charge in [0, 0.05) is 36.8 Å². The third-order valence-electron chi connectivity index (χ3n) is 3.24. The number of hydrogen-bond acceptors (Lipinski definition) is 3. The minimum atomic E-state index is -0.250. The Kier molecular flexibility index (Phi) is 4.95. The van der Waals surface area contributed by atoms with E-state index in [4.69, 9.17) is 22.1 Å². The molecule has 2 rings (SSSR count). The van der Waals surface area contributed by atoms with Crippen LogP contribution in [0.1, 0.15) is 18.0 Å². The Balaban J connectivity index is 2.23. The van der Waals surface area contributed by atoms with Crippen LogP contribution in [0.5, 0.6) is 0 Å². The molecule has 1 atom stereocenters. The standard InChI is InChI=1S/C13H18ClFN2O/c14-10-2-3-12(15)11(8-10)13(9-16)17-4-1-6-18-7-5-17/h2-3,8,13H,1,4-7,9,16H2. The molecule has 1 unspecified atom stereocenters. The number of benzene rings is 1. The summed E-state index contributed by atoms with van der Waals surface area (Å²) >= 11 is 5.94. The Morgan fingerprint density at radius 2 is 2.22 bits per heavy atom. The third-order valence-corrected chi connectivity index (χ3v) is 3.47. The Morgan fingerprint density at radius 1 is 1.39 bits per heavy atom. The van der Waals surface area contributed by atoms with Crippen molar-refractivity contribution in [2.45, 2.75) is 12.5 Å². The number of nitrogens with zero attached hydrogens (tertiary/aromatic N) is 1. The Morgan fingerprint density at radius 3 is 3.00 bits per heavy atom. The molecule has 5 heteroatoms. The van der Waals surface area contributed by atoms with Crippen molar-refractivity contribution in [3.63, 3.8) is 0 Å². The molecule has 1 aromatic rings. The zero-order valence-electron chi connectivity index (χ0n) is 10.2. The van der Waals surface area contributed by atoms with Crippen LogP contribution in [0.15, 0.2) is 18.2 Å². The summed E-state index contributed by atoms with van der Waals surface area (Å²) < 4.78 is 19.3. The molecule has 2 N–H and O–H groups in total. The zero-order valence-corrected chi connectivity index (χ0v) is 11.0. The van der Waals surface area contributed by atoms with E-state index in [0.29, 0.717) is 23.7 Å². The highest BCUT2D eigenvalue weighted by Crippen LogP contribution is 2.26. The van der Waals surface area contributed by atoms with Crippen molar-refractivity contribution in [2.75, 3.05) is 32.8 Å². The molecule has 0 saturated carbocycles. The number of halogens is 2. The van der Waals surface area contributed by atoms with E-state index in [9.17, 15) is 4.39 Å². The van der Waals surface area contributed by atoms with E-state index < -0.39 is 0 Å². The highest BCUT2D eigenvalue weighted by molar-refractivity contribution is 6.30. The summed E-state index contributed by atoms with van der Waals surface area (Å²) in [5.74, 6) is -0.250. The SMILES string of the molecule is NCC(c1cc(Cl)ccc1F)N1CCCOCC1. The second-order valence-electron chi connectivity index (χ2n) is 4.42. The molecule has 0 bridgehead atoms. The maximum absolute atomic E-state index is 13.9. The van der Waals surface area contributed by atoms with Crippen molar-refractivity contribution >= 4 is 11.6 Å². The van der Waals surface area contributed by atoms with Gasteiger partial charge in [-0.25, -0.2) is 4.39 Å². The van der Waals surface area contributed by atoms with Crippen LogP contribution in [0, 0.1) is 5.82 Å². The molecule has 3 nitrogen and oxygen atoms in total. The summed E-state index contributed by atoms with van der Waals surface area (Å²) in [5.41, 5.74) is 6.39. The molecule has 0 amide bonds. The van der Waals surface area contributed by atoms with Gasteiger partial charge in [-0.15, -0.1) is 0 Å². The van der Waals surface area contributed by atoms with Gasteiger partial charge >= 0.3 is 0 Å². The normalized spacial score (nSPS) is 19.5. The molecule has 100 valence electrons. The van der Waals surface area contributed by atoms with Crippen molar-refractivity contribution in [1.82, 2.24) is 4.90 Å². The van der Waals surface area contributed by atoms with Crippen LogP contribution in [-0.4, -0.2) is 37.7 Å². The Bertz CT molecular complexity index is 395. The second-order valence-corrected chi connectivity index (χ2v) is 4.86. The van der Waals surface area contributed by atoms with E-state index in [1.807, 2.05) is 0 Å². The number of hydrogen-bond donors (Lipinski definition) is 1. The van der Waals surface area contributed by atoms with Crippen LogP contribution in [0.25, 0.3) is 0 Å². The zero-order chi connectivity index (χ0) is 13.0. The first-order valence-corrected chi connectivity index (χ1v) is 6.57. The summed E-state index contributed by atoms with van der Waals surface area (Å²) in [6, 6.07) is 4.49. The van der Waals surface area contributed by atoms with Gasteiger partial charge in [-0.2, -0.15) is 0 Å². The van der Waals surface area contributed by atoms with E-state index in [1.54, 1.807) is 12.1 Å². The average molecular weight is 273 g/mol. The molecule has 0 spiro atoms. The molecule has 1 aromatic carbocycles. The van der Waals surface area contributed by atoms with Crippen molar-refractivity contribution in [1.29, 1.82) is 0 Å². The van der Waals surface area contributed by atoms with Crippen LogP contribution in [-0.2, 0) is 4.74 Å². The highest BCUT2D eigenvalue weighted by Gasteiger charge is 2.23. The van der Waals surface area contributed by atoms with Gasteiger partial charge < -0.3 is 10.5 Å². The first-order valence-electron chi connectivity index (χ1n) is 6.19. The molecule has 1 saturated heterocycles. The molecular formula is C13H18ClFN2O. The van der Waals surface area contributed by atoms with Gasteiger partial charge in [0.15, 0.2) is 0 Å². The number of rotatable bonds is 3. The fraction of sp³-hybridized carbons (Fsp3) is 0.538. The van der Waals surface area contributed by atoms with Gasteiger partial charge in [-0.1, -0.05) is 11.6 Å². The fourth-order valence-corrected chi connectivity index (χ4v) is 2.50. The minimum absolute atomic E-state index is 0.134. The summed E-state index contributed by atoms with van der Waals surface area (Å²) in [4.78, 5) is 2.17. The lowest BCUT2D eigenvalue weighted by atomic mass is 10.0. The fourth-order valence-electron chi connectivity index (χ4n) is 2.32. The molecular weight excluding hydrogens is 255 g/mol. The smallest absolute Gasteiger partial charge is 0.128 e. The monoisotopic (exact) mass is 272 g/mol. The Labute approximate surface area is 112 Å². The van der Waals surface area contributed by atoms with E-state index in [1.165, 1.54) is 6.07 Å². The van der Waals surface area contributed by atoms with Gasteiger partial charge in [-0.05, 0) is 24.6 Å². The first-order chi connectivity index (χ1) is 8.72. The Hall–Kier alpha value is -0.680. The van der Waals surface area contributed by atoms with Crippen molar-refractivity contribution in [3.8, 4) is 0 Å². The van der Waals surface area contributed by atoms with Crippen molar-refractivity contribution in [2.24, 2.45) is 5.73 Å². The first kappa shape index (κ1) is 13.7. The maximum Gasteiger partial charge on any atom is 0.128 e. The van der Waals surface area contributed by atoms with Crippen LogP contribution < -0.4 is 5.73 Å². The van der Waals surface area contributed by atoms with E-state index in [-0.39, 0.29) is 11.9 Å². The second kappa shape index (κ2) is 6.48. The number of nitrogens with two attached hydrogens (primary N) is 1. The molecule has 1 aliphatic heterocycles. The highest BCUT2D eigenvalue weighted by atomic mass is 35.5.